The molecule has 6 nitrogen and oxygen atoms in total. The molecule has 3 aromatic rings. The molecule has 6 heteroatoms. The number of fused-ring (bicyclic) bond motifs is 2. The van der Waals surface area contributed by atoms with Crippen LogP contribution in [0.2, 0.25) is 0 Å². The third-order valence-corrected chi connectivity index (χ3v) is 5.11. The summed E-state index contributed by atoms with van der Waals surface area (Å²) >= 11 is 0. The van der Waals surface area contributed by atoms with Crippen LogP contribution in [-0.2, 0) is 13.1 Å². The van der Waals surface area contributed by atoms with Crippen LogP contribution in [0.25, 0.3) is 0 Å². The van der Waals surface area contributed by atoms with E-state index in [9.17, 15) is 4.79 Å². The summed E-state index contributed by atoms with van der Waals surface area (Å²) < 4.78 is 10.6. The molecule has 1 amide bonds. The third-order valence-electron chi connectivity index (χ3n) is 5.11. The molecule has 0 bridgehead atoms. The molecule has 29 heavy (non-hydrogen) atoms. The van der Waals surface area contributed by atoms with Crippen molar-refractivity contribution in [3.8, 4) is 11.5 Å². The lowest BCUT2D eigenvalue weighted by atomic mass is 10.1. The largest absolute Gasteiger partial charge is 0.454 e. The molecule has 0 radical (unpaired) electrons. The van der Waals surface area contributed by atoms with Crippen molar-refractivity contribution >= 4 is 17.8 Å². The van der Waals surface area contributed by atoms with Crippen LogP contribution in [0.1, 0.15) is 27.0 Å². The van der Waals surface area contributed by atoms with Gasteiger partial charge in [-0.3, -0.25) is 4.79 Å². The molecule has 0 unspecified atom stereocenters. The molecular weight excluding hydrogens is 366 g/mol. The van der Waals surface area contributed by atoms with Crippen LogP contribution in [0.5, 0.6) is 11.5 Å². The van der Waals surface area contributed by atoms with Gasteiger partial charge in [0.05, 0.1) is 6.21 Å². The predicted molar refractivity (Wildman–Crippen MR) is 110 cm³/mol. The second kappa shape index (κ2) is 7.31. The lowest BCUT2D eigenvalue weighted by Gasteiger charge is -2.17. The number of ether oxygens (including phenoxy) is 2. The molecule has 0 saturated carbocycles. The van der Waals surface area contributed by atoms with Gasteiger partial charge in [0.1, 0.15) is 0 Å². The molecule has 0 spiro atoms. The molecule has 0 aliphatic carbocycles. The summed E-state index contributed by atoms with van der Waals surface area (Å²) in [7, 11) is 0. The smallest absolute Gasteiger partial charge is 0.271 e. The van der Waals surface area contributed by atoms with Crippen LogP contribution in [0.3, 0.4) is 0 Å². The quantitative estimate of drug-likeness (QED) is 0.549. The van der Waals surface area contributed by atoms with E-state index in [4.69, 9.17) is 9.47 Å². The van der Waals surface area contributed by atoms with Gasteiger partial charge in [-0.1, -0.05) is 24.3 Å². The molecule has 2 aliphatic rings. The number of nitrogens with zero attached hydrogens (tertiary/aromatic N) is 2. The van der Waals surface area contributed by atoms with Crippen LogP contribution < -0.4 is 19.8 Å². The van der Waals surface area contributed by atoms with E-state index in [1.165, 1.54) is 11.1 Å². The molecule has 2 aliphatic heterocycles. The Morgan fingerprint density at radius 3 is 2.41 bits per heavy atom. The van der Waals surface area contributed by atoms with Gasteiger partial charge in [0, 0.05) is 24.3 Å². The second-order valence-electron chi connectivity index (χ2n) is 6.98. The normalized spacial score (nSPS) is 14.3. The topological polar surface area (TPSA) is 63.2 Å². The predicted octanol–water partition coefficient (Wildman–Crippen LogP) is 3.70. The van der Waals surface area contributed by atoms with Gasteiger partial charge >= 0.3 is 0 Å². The number of anilines is 1. The molecule has 1 N–H and O–H groups in total. The van der Waals surface area contributed by atoms with Gasteiger partial charge < -0.3 is 14.4 Å². The Kier molecular flexibility index (Phi) is 4.37. The standard InChI is InChI=1S/C23H19N3O3/c27-23(25-24-12-16-5-10-21-22(11-16)29-15-28-21)17-6-8-20(9-7-17)26-13-18-3-1-2-4-19(18)14-26/h1-12H,13-15H2,(H,25,27)/b24-12+. The SMILES string of the molecule is O=C(N/N=C/c1ccc2c(c1)OCO2)c1ccc(N2Cc3ccccc3C2)cc1. The Hall–Kier alpha value is -3.80. The summed E-state index contributed by atoms with van der Waals surface area (Å²) in [6, 6.07) is 21.6. The van der Waals surface area contributed by atoms with Crippen LogP contribution in [0.4, 0.5) is 5.69 Å². The van der Waals surface area contributed by atoms with Crippen molar-refractivity contribution in [2.45, 2.75) is 13.1 Å². The molecule has 0 saturated heterocycles. The Morgan fingerprint density at radius 1 is 0.931 bits per heavy atom. The highest BCUT2D eigenvalue weighted by atomic mass is 16.7. The summed E-state index contributed by atoms with van der Waals surface area (Å²) in [5.41, 5.74) is 7.75. The van der Waals surface area contributed by atoms with Crippen molar-refractivity contribution in [3.05, 3.63) is 89.0 Å². The molecule has 144 valence electrons. The second-order valence-corrected chi connectivity index (χ2v) is 6.98. The first-order chi connectivity index (χ1) is 14.3. The summed E-state index contributed by atoms with van der Waals surface area (Å²) in [4.78, 5) is 14.6. The Bertz CT molecular complexity index is 1070. The first kappa shape index (κ1) is 17.3. The molecule has 5 rings (SSSR count). The highest BCUT2D eigenvalue weighted by Crippen LogP contribution is 2.32. The minimum atomic E-state index is -0.252. The third kappa shape index (κ3) is 3.52. The van der Waals surface area contributed by atoms with Gasteiger partial charge in [0.2, 0.25) is 6.79 Å². The molecule has 0 atom stereocenters. The van der Waals surface area contributed by atoms with E-state index in [1.54, 1.807) is 6.21 Å². The van der Waals surface area contributed by atoms with E-state index in [2.05, 4.69) is 39.7 Å². The maximum atomic E-state index is 12.4. The first-order valence-corrected chi connectivity index (χ1v) is 9.41. The zero-order chi connectivity index (χ0) is 19.6. The minimum absolute atomic E-state index is 0.228. The summed E-state index contributed by atoms with van der Waals surface area (Å²) in [5.74, 6) is 1.14. The van der Waals surface area contributed by atoms with Gasteiger partial charge in [-0.2, -0.15) is 5.10 Å². The van der Waals surface area contributed by atoms with E-state index >= 15 is 0 Å². The lowest BCUT2D eigenvalue weighted by Crippen LogP contribution is -2.18. The number of benzene rings is 3. The van der Waals surface area contributed by atoms with Crippen molar-refractivity contribution in [1.82, 2.24) is 5.43 Å². The monoisotopic (exact) mass is 385 g/mol. The van der Waals surface area contributed by atoms with E-state index in [1.807, 2.05) is 42.5 Å². The van der Waals surface area contributed by atoms with Crippen LogP contribution in [-0.4, -0.2) is 18.9 Å². The van der Waals surface area contributed by atoms with E-state index < -0.39 is 0 Å². The summed E-state index contributed by atoms with van der Waals surface area (Å²) in [6.07, 6.45) is 1.58. The zero-order valence-electron chi connectivity index (χ0n) is 15.7. The molecule has 3 aromatic carbocycles. The maximum Gasteiger partial charge on any atom is 0.271 e. The van der Waals surface area contributed by atoms with E-state index in [0.717, 1.165) is 24.3 Å². The number of rotatable bonds is 4. The number of hydrazone groups is 1. The Labute approximate surface area is 168 Å². The number of amides is 1. The maximum absolute atomic E-state index is 12.4. The van der Waals surface area contributed by atoms with Crippen LogP contribution in [0, 0.1) is 0 Å². The fraction of sp³-hybridized carbons (Fsp3) is 0.130. The minimum Gasteiger partial charge on any atom is -0.454 e. The number of carbonyl (C=O) groups is 1. The molecular formula is C23H19N3O3. The molecule has 0 aromatic heterocycles. The Balaban J connectivity index is 1.21. The highest BCUT2D eigenvalue weighted by molar-refractivity contribution is 5.95. The van der Waals surface area contributed by atoms with Gasteiger partial charge in [-0.15, -0.1) is 0 Å². The molecule has 0 fully saturated rings. The van der Waals surface area contributed by atoms with Gasteiger partial charge in [0.25, 0.3) is 5.91 Å². The van der Waals surface area contributed by atoms with E-state index in [0.29, 0.717) is 17.1 Å². The van der Waals surface area contributed by atoms with E-state index in [-0.39, 0.29) is 12.7 Å². The van der Waals surface area contributed by atoms with Crippen molar-refractivity contribution in [2.75, 3.05) is 11.7 Å². The number of carbonyl (C=O) groups excluding carboxylic acids is 1. The van der Waals surface area contributed by atoms with Crippen molar-refractivity contribution in [2.24, 2.45) is 5.10 Å². The fourth-order valence-electron chi connectivity index (χ4n) is 3.56. The fourth-order valence-corrected chi connectivity index (χ4v) is 3.56. The van der Waals surface area contributed by atoms with Crippen molar-refractivity contribution < 1.29 is 14.3 Å². The van der Waals surface area contributed by atoms with Crippen LogP contribution >= 0.6 is 0 Å². The molecule has 2 heterocycles. The Morgan fingerprint density at radius 2 is 1.66 bits per heavy atom. The first-order valence-electron chi connectivity index (χ1n) is 9.41. The van der Waals surface area contributed by atoms with Gasteiger partial charge in [-0.25, -0.2) is 5.43 Å². The van der Waals surface area contributed by atoms with Gasteiger partial charge in [0.15, 0.2) is 11.5 Å². The van der Waals surface area contributed by atoms with Crippen molar-refractivity contribution in [3.63, 3.8) is 0 Å². The number of hydrogen-bond acceptors (Lipinski definition) is 5. The van der Waals surface area contributed by atoms with Gasteiger partial charge in [-0.05, 0) is 59.2 Å². The number of hydrogen-bond donors (Lipinski definition) is 1. The number of nitrogens with one attached hydrogen (secondary N) is 1. The van der Waals surface area contributed by atoms with Crippen LogP contribution in [0.15, 0.2) is 71.8 Å². The summed E-state index contributed by atoms with van der Waals surface area (Å²) in [5, 5.41) is 4.04. The average molecular weight is 385 g/mol. The summed E-state index contributed by atoms with van der Waals surface area (Å²) in [6.45, 7) is 2.01. The van der Waals surface area contributed by atoms with Crippen molar-refractivity contribution in [1.29, 1.82) is 0 Å². The highest BCUT2D eigenvalue weighted by Gasteiger charge is 2.18. The average Bonchev–Trinajstić information content (AvgIpc) is 3.40. The zero-order valence-corrected chi connectivity index (χ0v) is 15.7. The lowest BCUT2D eigenvalue weighted by molar-refractivity contribution is 0.0955.